The van der Waals surface area contributed by atoms with Gasteiger partial charge in [-0.3, -0.25) is 19.4 Å². The lowest BCUT2D eigenvalue weighted by Crippen LogP contribution is -2.53. The normalized spacial score (nSPS) is 23.3. The number of aldehydes is 1. The van der Waals surface area contributed by atoms with Crippen molar-refractivity contribution in [3.8, 4) is 0 Å². The second-order valence-corrected chi connectivity index (χ2v) is 15.5. The molecule has 0 saturated heterocycles. The number of sulfone groups is 1. The van der Waals surface area contributed by atoms with Gasteiger partial charge < -0.3 is 26.5 Å². The fourth-order valence-corrected chi connectivity index (χ4v) is 8.49. The number of rotatable bonds is 16. The molecule has 2 fully saturated rings. The Labute approximate surface area is 236 Å². The Balaban J connectivity index is 2.11. The van der Waals surface area contributed by atoms with Crippen molar-refractivity contribution in [3.05, 3.63) is 0 Å². The van der Waals surface area contributed by atoms with E-state index in [2.05, 4.69) is 15.0 Å². The van der Waals surface area contributed by atoms with E-state index >= 15 is 0 Å². The largest absolute Gasteiger partial charge is 0.370 e. The van der Waals surface area contributed by atoms with Gasteiger partial charge in [0.15, 0.2) is 5.96 Å². The number of nitrogens with zero attached hydrogens (tertiary/aromatic N) is 2. The number of nitrogens with one attached hydrogen (secondary N) is 2. The average molecular weight is 607 g/mol. The van der Waals surface area contributed by atoms with Crippen LogP contribution in [-0.4, -0.2) is 102 Å². The third-order valence-electron chi connectivity index (χ3n) is 8.21. The molecule has 0 heterocycles. The van der Waals surface area contributed by atoms with E-state index in [9.17, 15) is 36.0 Å². The highest BCUT2D eigenvalue weighted by atomic mass is 32.2. The Hall–Kier alpha value is -2.59. The molecule has 2 aliphatic carbocycles. The average Bonchev–Trinajstić information content (AvgIpc) is 3.16. The topological polar surface area (TPSA) is 228 Å². The molecule has 0 radical (unpaired) electrons. The first-order valence-corrected chi connectivity index (χ1v) is 16.8. The minimum atomic E-state index is -4.22. The number of hydrogen-bond acceptors (Lipinski definition) is 9. The second kappa shape index (κ2) is 12.9. The first kappa shape index (κ1) is 33.6. The van der Waals surface area contributed by atoms with Gasteiger partial charge in [0.2, 0.25) is 21.8 Å². The van der Waals surface area contributed by atoms with Crippen LogP contribution in [0.3, 0.4) is 0 Å². The van der Waals surface area contributed by atoms with Gasteiger partial charge in [0, 0.05) is 31.7 Å². The lowest BCUT2D eigenvalue weighted by atomic mass is 9.70. The van der Waals surface area contributed by atoms with Crippen LogP contribution in [0.15, 0.2) is 4.99 Å². The van der Waals surface area contributed by atoms with Crippen LogP contribution in [-0.2, 0) is 39.0 Å². The number of nitrogens with two attached hydrogens (primary N) is 2. The van der Waals surface area contributed by atoms with Crippen LogP contribution >= 0.6 is 0 Å². The van der Waals surface area contributed by atoms with Crippen LogP contribution < -0.4 is 21.5 Å². The molecule has 0 aromatic heterocycles. The number of Topliss-reactive ketones (excluding diaryl/α,β-unsaturated/α-hetero) is 1. The first-order chi connectivity index (χ1) is 18.3. The molecule has 2 amide bonds. The summed E-state index contributed by atoms with van der Waals surface area (Å²) in [5.41, 5.74) is 8.89. The number of guanidine groups is 1. The number of aliphatic imine (C=N–C) groups is 1. The van der Waals surface area contributed by atoms with Crippen molar-refractivity contribution >= 4 is 49.7 Å². The summed E-state index contributed by atoms with van der Waals surface area (Å²) in [5, 5.41) is 2.48. The van der Waals surface area contributed by atoms with E-state index in [0.29, 0.717) is 25.5 Å². The van der Waals surface area contributed by atoms with E-state index in [4.69, 9.17) is 11.5 Å². The fraction of sp³-hybridized carbons (Fsp3) is 0.792. The minimum absolute atomic E-state index is 0.0872. The molecule has 6 N–H and O–H groups in total. The molecule has 2 bridgehead atoms. The molecule has 4 atom stereocenters. The third kappa shape index (κ3) is 8.46. The van der Waals surface area contributed by atoms with Gasteiger partial charge >= 0.3 is 0 Å². The number of ketones is 1. The molecule has 0 spiro atoms. The van der Waals surface area contributed by atoms with Crippen molar-refractivity contribution < 1.29 is 36.0 Å². The van der Waals surface area contributed by atoms with Crippen molar-refractivity contribution in [2.24, 2.45) is 33.2 Å². The number of fused-ring (bicyclic) bond motifs is 2. The molecule has 228 valence electrons. The van der Waals surface area contributed by atoms with Gasteiger partial charge in [-0.2, -0.15) is 0 Å². The van der Waals surface area contributed by atoms with E-state index in [1.165, 1.54) is 7.05 Å². The van der Waals surface area contributed by atoms with Crippen LogP contribution in [0.25, 0.3) is 0 Å². The maximum Gasteiger partial charge on any atom is 0.240 e. The predicted octanol–water partition coefficient (Wildman–Crippen LogP) is -1.70. The first-order valence-electron chi connectivity index (χ1n) is 13.1. The highest BCUT2D eigenvalue weighted by molar-refractivity contribution is 7.90. The van der Waals surface area contributed by atoms with Gasteiger partial charge in [-0.1, -0.05) is 13.8 Å². The van der Waals surface area contributed by atoms with Gasteiger partial charge in [-0.15, -0.1) is 0 Å². The molecule has 40 heavy (non-hydrogen) atoms. The summed E-state index contributed by atoms with van der Waals surface area (Å²) in [4.78, 5) is 54.7. The molecule has 0 aromatic rings. The van der Waals surface area contributed by atoms with E-state index in [0.717, 1.165) is 17.6 Å². The number of likely N-dealkylation sites (N-methyl/N-ethyl adjacent to an activating group) is 1. The lowest BCUT2D eigenvalue weighted by Gasteiger charge is -2.36. The van der Waals surface area contributed by atoms with Gasteiger partial charge in [0.1, 0.15) is 27.9 Å². The monoisotopic (exact) mass is 606 g/mol. The summed E-state index contributed by atoms with van der Waals surface area (Å²) in [6.45, 7) is 3.52. The number of sulfonamides is 1. The lowest BCUT2D eigenvalue weighted by molar-refractivity contribution is -0.136. The van der Waals surface area contributed by atoms with Gasteiger partial charge in [-0.05, 0) is 43.4 Å². The zero-order valence-electron chi connectivity index (χ0n) is 23.5. The summed E-state index contributed by atoms with van der Waals surface area (Å²) < 4.78 is 52.6. The molecular formula is C24H42N6O8S2. The Morgan fingerprint density at radius 3 is 2.35 bits per heavy atom. The quantitative estimate of drug-likeness (QED) is 0.0673. The summed E-state index contributed by atoms with van der Waals surface area (Å²) in [6.07, 6.45) is 3.27. The van der Waals surface area contributed by atoms with Crippen molar-refractivity contribution in [1.82, 2.24) is 14.9 Å². The number of carbonyl (C=O) groups excluding carboxylic acids is 4. The maximum absolute atomic E-state index is 13.3. The fourth-order valence-electron chi connectivity index (χ4n) is 5.76. The third-order valence-corrected chi connectivity index (χ3v) is 10.7. The Kier molecular flexibility index (Phi) is 10.9. The molecular weight excluding hydrogens is 564 g/mol. The highest BCUT2D eigenvalue weighted by Gasteiger charge is 2.65. The molecule has 1 unspecified atom stereocenters. The van der Waals surface area contributed by atoms with Crippen LogP contribution in [0.4, 0.5) is 0 Å². The van der Waals surface area contributed by atoms with Crippen molar-refractivity contribution in [2.45, 2.75) is 64.5 Å². The predicted molar refractivity (Wildman–Crippen MR) is 149 cm³/mol. The Morgan fingerprint density at radius 2 is 1.85 bits per heavy atom. The zero-order valence-corrected chi connectivity index (χ0v) is 25.1. The second-order valence-electron chi connectivity index (χ2n) is 11.5. The molecule has 14 nitrogen and oxygen atoms in total. The summed E-state index contributed by atoms with van der Waals surface area (Å²) >= 11 is 0. The minimum Gasteiger partial charge on any atom is -0.370 e. The Morgan fingerprint density at radius 1 is 1.20 bits per heavy atom. The number of carbonyl (C=O) groups is 4. The summed E-state index contributed by atoms with van der Waals surface area (Å²) in [7, 11) is -6.51. The van der Waals surface area contributed by atoms with Crippen LogP contribution in [0.2, 0.25) is 0 Å². The molecule has 2 aliphatic rings. The van der Waals surface area contributed by atoms with Crippen LogP contribution in [0, 0.1) is 16.7 Å². The highest BCUT2D eigenvalue weighted by Crippen LogP contribution is 2.64. The van der Waals surface area contributed by atoms with E-state index in [1.807, 2.05) is 13.8 Å². The van der Waals surface area contributed by atoms with Gasteiger partial charge in [0.05, 0.1) is 24.1 Å². The number of hydrogen-bond donors (Lipinski definition) is 4. The molecule has 0 aromatic carbocycles. The van der Waals surface area contributed by atoms with Crippen LogP contribution in [0.1, 0.15) is 52.4 Å². The Bertz CT molecular complexity index is 1230. The molecule has 2 rings (SSSR count). The van der Waals surface area contributed by atoms with Crippen molar-refractivity contribution in [3.63, 3.8) is 0 Å². The standard InChI is InChI=1S/C24H42N6O8S2/c1-23(2)16-7-9-24(23,19(32)12-16)15-40(37,38)29-18(8-11-39(4,35)36)21(34)30(3)13-20(33)28-17(14-31)6-5-10-27-22(25)26/h14,16-18,29H,5-13,15H2,1-4H3,(H,28,33)(H4,25,26,27)/t16?,17-,18-,24+/m0/s1. The van der Waals surface area contributed by atoms with E-state index in [-0.39, 0.29) is 37.0 Å². The molecule has 0 aliphatic heterocycles. The molecule has 16 heteroatoms. The van der Waals surface area contributed by atoms with Gasteiger partial charge in [-0.25, -0.2) is 21.6 Å². The summed E-state index contributed by atoms with van der Waals surface area (Å²) in [6, 6.07) is -2.33. The zero-order chi connectivity index (χ0) is 30.5. The SMILES string of the molecule is CN(CC(=O)N[C@H](C=O)CCCN=C(N)N)C(=O)[C@H](CCS(C)(=O)=O)NS(=O)(=O)C[C@]12CCC(CC1=O)C2(C)C. The number of amides is 2. The molecule has 2 saturated carbocycles. The summed E-state index contributed by atoms with van der Waals surface area (Å²) in [5.74, 6) is -2.61. The van der Waals surface area contributed by atoms with Gasteiger partial charge in [0.25, 0.3) is 0 Å². The maximum atomic E-state index is 13.3. The van der Waals surface area contributed by atoms with E-state index < -0.39 is 72.6 Å². The van der Waals surface area contributed by atoms with E-state index in [1.54, 1.807) is 0 Å². The smallest absolute Gasteiger partial charge is 0.240 e. The van der Waals surface area contributed by atoms with Crippen molar-refractivity contribution in [1.29, 1.82) is 0 Å². The van der Waals surface area contributed by atoms with Crippen LogP contribution in [0.5, 0.6) is 0 Å². The van der Waals surface area contributed by atoms with Crippen molar-refractivity contribution in [2.75, 3.05) is 37.9 Å².